The van der Waals surface area contributed by atoms with Gasteiger partial charge in [-0.1, -0.05) is 53.5 Å². The van der Waals surface area contributed by atoms with Crippen LogP contribution in [-0.2, 0) is 0 Å². The first-order valence-corrected chi connectivity index (χ1v) is 7.91. The molecule has 0 saturated heterocycles. The SMILES string of the molecule is Cc1c(-c2ccccc2)nc2c(Cl)cc(I)cc2c1Cl. The van der Waals surface area contributed by atoms with Gasteiger partial charge >= 0.3 is 0 Å². The monoisotopic (exact) mass is 413 g/mol. The van der Waals surface area contributed by atoms with Crippen LogP contribution in [0.1, 0.15) is 5.56 Å². The van der Waals surface area contributed by atoms with Crippen molar-refractivity contribution in [2.45, 2.75) is 6.92 Å². The average Bonchev–Trinajstić information content (AvgIpc) is 2.44. The van der Waals surface area contributed by atoms with Crippen molar-refractivity contribution >= 4 is 56.7 Å². The van der Waals surface area contributed by atoms with Gasteiger partial charge < -0.3 is 0 Å². The summed E-state index contributed by atoms with van der Waals surface area (Å²) in [5.41, 5.74) is 3.65. The highest BCUT2D eigenvalue weighted by Gasteiger charge is 2.14. The lowest BCUT2D eigenvalue weighted by Crippen LogP contribution is -1.93. The van der Waals surface area contributed by atoms with Crippen LogP contribution in [0.2, 0.25) is 10.0 Å². The normalized spacial score (nSPS) is 11.0. The summed E-state index contributed by atoms with van der Waals surface area (Å²) in [6.07, 6.45) is 0. The van der Waals surface area contributed by atoms with E-state index in [4.69, 9.17) is 28.2 Å². The number of nitrogens with zero attached hydrogens (tertiary/aromatic N) is 1. The Kier molecular flexibility index (Phi) is 3.89. The first-order chi connectivity index (χ1) is 9.58. The van der Waals surface area contributed by atoms with E-state index in [-0.39, 0.29) is 0 Å². The predicted octanol–water partition coefficient (Wildman–Crippen LogP) is 6.12. The van der Waals surface area contributed by atoms with Crippen LogP contribution in [0.25, 0.3) is 22.2 Å². The fourth-order valence-corrected chi connectivity index (χ4v) is 3.53. The minimum Gasteiger partial charge on any atom is -0.246 e. The molecule has 0 radical (unpaired) electrons. The van der Waals surface area contributed by atoms with Crippen LogP contribution in [0.3, 0.4) is 0 Å². The average molecular weight is 414 g/mol. The van der Waals surface area contributed by atoms with Gasteiger partial charge in [-0.15, -0.1) is 0 Å². The molecular formula is C16H10Cl2IN. The van der Waals surface area contributed by atoms with Crippen molar-refractivity contribution in [3.63, 3.8) is 0 Å². The van der Waals surface area contributed by atoms with E-state index in [2.05, 4.69) is 22.6 Å². The zero-order valence-electron chi connectivity index (χ0n) is 10.6. The Bertz CT molecular complexity index is 801. The van der Waals surface area contributed by atoms with Crippen molar-refractivity contribution in [2.24, 2.45) is 0 Å². The number of hydrogen-bond donors (Lipinski definition) is 0. The third-order valence-electron chi connectivity index (χ3n) is 3.22. The van der Waals surface area contributed by atoms with Gasteiger partial charge in [0.25, 0.3) is 0 Å². The molecule has 3 rings (SSSR count). The summed E-state index contributed by atoms with van der Waals surface area (Å²) >= 11 is 15.1. The minimum absolute atomic E-state index is 0.631. The van der Waals surface area contributed by atoms with E-state index in [1.807, 2.05) is 49.4 Å². The maximum absolute atomic E-state index is 6.52. The summed E-state index contributed by atoms with van der Waals surface area (Å²) in [5, 5.41) is 2.25. The Labute approximate surface area is 141 Å². The number of fused-ring (bicyclic) bond motifs is 1. The third kappa shape index (κ3) is 2.41. The van der Waals surface area contributed by atoms with E-state index in [0.717, 1.165) is 31.3 Å². The molecule has 0 aliphatic rings. The molecule has 3 aromatic rings. The number of hydrogen-bond acceptors (Lipinski definition) is 1. The Hall–Kier alpha value is -0.840. The molecule has 4 heteroatoms. The molecule has 1 nitrogen and oxygen atoms in total. The van der Waals surface area contributed by atoms with Gasteiger partial charge in [0.1, 0.15) is 0 Å². The molecule has 0 amide bonds. The Morgan fingerprint density at radius 1 is 1.05 bits per heavy atom. The van der Waals surface area contributed by atoms with E-state index >= 15 is 0 Å². The van der Waals surface area contributed by atoms with Crippen molar-refractivity contribution in [3.8, 4) is 11.3 Å². The third-order valence-corrected chi connectivity index (χ3v) is 4.62. The molecule has 0 atom stereocenters. The number of aromatic nitrogens is 1. The van der Waals surface area contributed by atoms with Crippen LogP contribution in [0.5, 0.6) is 0 Å². The summed E-state index contributed by atoms with van der Waals surface area (Å²) in [5.74, 6) is 0. The van der Waals surface area contributed by atoms with Gasteiger partial charge in [0, 0.05) is 14.5 Å². The van der Waals surface area contributed by atoms with Crippen molar-refractivity contribution in [1.82, 2.24) is 4.98 Å². The minimum atomic E-state index is 0.631. The van der Waals surface area contributed by atoms with Gasteiger partial charge in [-0.25, -0.2) is 4.98 Å². The first-order valence-electron chi connectivity index (χ1n) is 6.08. The molecule has 100 valence electrons. The van der Waals surface area contributed by atoms with Crippen LogP contribution in [-0.4, -0.2) is 4.98 Å². The first kappa shape index (κ1) is 14.1. The van der Waals surface area contributed by atoms with Crippen LogP contribution in [0.15, 0.2) is 42.5 Å². The molecule has 0 spiro atoms. The lowest BCUT2D eigenvalue weighted by Gasteiger charge is -2.12. The fourth-order valence-electron chi connectivity index (χ4n) is 2.23. The van der Waals surface area contributed by atoms with Gasteiger partial charge in [-0.05, 0) is 47.2 Å². The summed E-state index contributed by atoms with van der Waals surface area (Å²) in [6, 6.07) is 13.9. The number of halogens is 3. The second-order valence-corrected chi connectivity index (χ2v) is 6.58. The van der Waals surface area contributed by atoms with E-state index in [1.165, 1.54) is 0 Å². The molecule has 0 aliphatic heterocycles. The quantitative estimate of drug-likeness (QED) is 0.438. The predicted molar refractivity (Wildman–Crippen MR) is 94.7 cm³/mol. The van der Waals surface area contributed by atoms with E-state index < -0.39 is 0 Å². The summed E-state index contributed by atoms with van der Waals surface area (Å²) < 4.78 is 1.05. The largest absolute Gasteiger partial charge is 0.246 e. The zero-order chi connectivity index (χ0) is 14.3. The molecule has 0 aliphatic carbocycles. The lowest BCUT2D eigenvalue weighted by molar-refractivity contribution is 1.33. The van der Waals surface area contributed by atoms with Gasteiger partial charge in [-0.2, -0.15) is 0 Å². The molecule has 2 aromatic carbocycles. The maximum atomic E-state index is 6.52. The van der Waals surface area contributed by atoms with Crippen molar-refractivity contribution in [2.75, 3.05) is 0 Å². The summed E-state index contributed by atoms with van der Waals surface area (Å²) in [6.45, 7) is 1.99. The Balaban J connectivity index is 2.39. The summed E-state index contributed by atoms with van der Waals surface area (Å²) in [4.78, 5) is 4.73. The second-order valence-electron chi connectivity index (χ2n) is 4.55. The summed E-state index contributed by atoms with van der Waals surface area (Å²) in [7, 11) is 0. The standard InChI is InChI=1S/C16H10Cl2IN/c1-9-14(18)12-7-11(19)8-13(17)16(12)20-15(9)10-5-3-2-4-6-10/h2-8H,1H3. The van der Waals surface area contributed by atoms with Gasteiger partial charge in [-0.3, -0.25) is 0 Å². The zero-order valence-corrected chi connectivity index (χ0v) is 14.3. The van der Waals surface area contributed by atoms with Crippen molar-refractivity contribution < 1.29 is 0 Å². The Morgan fingerprint density at radius 2 is 1.75 bits per heavy atom. The molecule has 0 unspecified atom stereocenters. The molecule has 0 saturated carbocycles. The second kappa shape index (κ2) is 5.51. The number of benzene rings is 2. The molecule has 1 heterocycles. The van der Waals surface area contributed by atoms with Gasteiger partial charge in [0.2, 0.25) is 0 Å². The molecule has 20 heavy (non-hydrogen) atoms. The highest BCUT2D eigenvalue weighted by molar-refractivity contribution is 14.1. The highest BCUT2D eigenvalue weighted by atomic mass is 127. The van der Waals surface area contributed by atoms with Crippen LogP contribution < -0.4 is 0 Å². The van der Waals surface area contributed by atoms with Crippen molar-refractivity contribution in [3.05, 3.63) is 61.6 Å². The molecule has 0 bridgehead atoms. The molecule has 1 aromatic heterocycles. The lowest BCUT2D eigenvalue weighted by atomic mass is 10.0. The van der Waals surface area contributed by atoms with E-state index in [0.29, 0.717) is 10.0 Å². The van der Waals surface area contributed by atoms with Gasteiger partial charge in [0.05, 0.1) is 21.3 Å². The smallest absolute Gasteiger partial charge is 0.0911 e. The number of pyridine rings is 1. The van der Waals surface area contributed by atoms with Crippen LogP contribution in [0, 0.1) is 10.5 Å². The highest BCUT2D eigenvalue weighted by Crippen LogP contribution is 2.36. The maximum Gasteiger partial charge on any atom is 0.0911 e. The molecule has 0 N–H and O–H groups in total. The van der Waals surface area contributed by atoms with E-state index in [9.17, 15) is 0 Å². The van der Waals surface area contributed by atoms with E-state index in [1.54, 1.807) is 0 Å². The van der Waals surface area contributed by atoms with Crippen LogP contribution >= 0.6 is 45.8 Å². The fraction of sp³-hybridized carbons (Fsp3) is 0.0625. The van der Waals surface area contributed by atoms with Gasteiger partial charge in [0.15, 0.2) is 0 Å². The number of rotatable bonds is 1. The topological polar surface area (TPSA) is 12.9 Å². The van der Waals surface area contributed by atoms with Crippen molar-refractivity contribution in [1.29, 1.82) is 0 Å². The molecular weight excluding hydrogens is 404 g/mol. The Morgan fingerprint density at radius 3 is 2.45 bits per heavy atom. The van der Waals surface area contributed by atoms with Crippen LogP contribution in [0.4, 0.5) is 0 Å². The molecule has 0 fully saturated rings.